The van der Waals surface area contributed by atoms with E-state index in [0.717, 1.165) is 16.9 Å². The molecular weight excluding hydrogens is 260 g/mol. The van der Waals surface area contributed by atoms with Crippen LogP contribution >= 0.6 is 0 Å². The second kappa shape index (κ2) is 6.00. The average Bonchev–Trinajstić information content (AvgIpc) is 2.45. The monoisotopic (exact) mass is 282 g/mol. The third-order valence-electron chi connectivity index (χ3n) is 3.34. The second-order valence-corrected chi connectivity index (χ2v) is 6.18. The molecule has 21 heavy (non-hydrogen) atoms. The van der Waals surface area contributed by atoms with E-state index in [1.807, 2.05) is 36.4 Å². The maximum Gasteiger partial charge on any atom is 0.122 e. The molecule has 0 atom stereocenters. The van der Waals surface area contributed by atoms with Gasteiger partial charge in [-0.1, -0.05) is 51.1 Å². The van der Waals surface area contributed by atoms with Crippen molar-refractivity contribution in [2.75, 3.05) is 0 Å². The summed E-state index contributed by atoms with van der Waals surface area (Å²) >= 11 is 0. The van der Waals surface area contributed by atoms with Crippen LogP contribution in [0.3, 0.4) is 0 Å². The molecule has 0 aliphatic rings. The molecule has 0 saturated heterocycles. The molecule has 0 heterocycles. The molecule has 0 radical (unpaired) electrons. The van der Waals surface area contributed by atoms with Crippen LogP contribution in [0.1, 0.15) is 37.5 Å². The predicted molar refractivity (Wildman–Crippen MR) is 86.9 cm³/mol. The summed E-state index contributed by atoms with van der Waals surface area (Å²) in [6.07, 6.45) is 0. The molecule has 0 bridgehead atoms. The van der Waals surface area contributed by atoms with Gasteiger partial charge in [0.25, 0.3) is 0 Å². The van der Waals surface area contributed by atoms with Gasteiger partial charge < -0.3 is 10.5 Å². The van der Waals surface area contributed by atoms with E-state index in [2.05, 4.69) is 32.9 Å². The minimum absolute atomic E-state index is 0.0755. The minimum Gasteiger partial charge on any atom is -0.489 e. The number of nitrogen functional groups attached to an aromatic ring is 1. The van der Waals surface area contributed by atoms with E-state index in [1.165, 1.54) is 5.56 Å². The second-order valence-electron chi connectivity index (χ2n) is 6.18. The number of hydrogen-bond donors (Lipinski definition) is 2. The SMILES string of the molecule is CC(C)(C)c1cccc(OCc2cccc(C(=N)N)c2)c1. The Morgan fingerprint density at radius 1 is 1.10 bits per heavy atom. The summed E-state index contributed by atoms with van der Waals surface area (Å²) in [6, 6.07) is 15.7. The number of benzene rings is 2. The fourth-order valence-corrected chi connectivity index (χ4v) is 2.05. The van der Waals surface area contributed by atoms with E-state index in [1.54, 1.807) is 0 Å². The highest BCUT2D eigenvalue weighted by Gasteiger charge is 2.13. The molecule has 3 N–H and O–H groups in total. The normalized spacial score (nSPS) is 11.2. The number of rotatable bonds is 4. The number of hydrogen-bond acceptors (Lipinski definition) is 2. The Labute approximate surface area is 126 Å². The van der Waals surface area contributed by atoms with Crippen molar-refractivity contribution >= 4 is 5.84 Å². The van der Waals surface area contributed by atoms with Crippen molar-refractivity contribution in [1.29, 1.82) is 5.41 Å². The lowest BCUT2D eigenvalue weighted by Crippen LogP contribution is -2.12. The molecule has 0 unspecified atom stereocenters. The lowest BCUT2D eigenvalue weighted by molar-refractivity contribution is 0.305. The van der Waals surface area contributed by atoms with Gasteiger partial charge in [0.15, 0.2) is 0 Å². The molecule has 110 valence electrons. The highest BCUT2D eigenvalue weighted by atomic mass is 16.5. The third-order valence-corrected chi connectivity index (χ3v) is 3.34. The molecule has 3 heteroatoms. The Morgan fingerprint density at radius 2 is 1.81 bits per heavy atom. The van der Waals surface area contributed by atoms with Crippen LogP contribution in [0.15, 0.2) is 48.5 Å². The van der Waals surface area contributed by atoms with Crippen molar-refractivity contribution in [3.63, 3.8) is 0 Å². The van der Waals surface area contributed by atoms with Gasteiger partial charge in [-0.15, -0.1) is 0 Å². The van der Waals surface area contributed by atoms with E-state index in [0.29, 0.717) is 6.61 Å². The predicted octanol–water partition coefficient (Wildman–Crippen LogP) is 3.85. The third kappa shape index (κ3) is 4.09. The molecule has 0 aliphatic heterocycles. The molecular formula is C18H22N2O. The van der Waals surface area contributed by atoms with Crippen LogP contribution in [0, 0.1) is 5.41 Å². The summed E-state index contributed by atoms with van der Waals surface area (Å²) in [4.78, 5) is 0. The highest BCUT2D eigenvalue weighted by molar-refractivity contribution is 5.95. The van der Waals surface area contributed by atoms with Crippen LogP contribution in [-0.4, -0.2) is 5.84 Å². The largest absolute Gasteiger partial charge is 0.489 e. The van der Waals surface area contributed by atoms with Crippen LogP contribution in [0.4, 0.5) is 0 Å². The van der Waals surface area contributed by atoms with Gasteiger partial charge in [0, 0.05) is 5.56 Å². The zero-order valence-corrected chi connectivity index (χ0v) is 12.8. The molecule has 0 aromatic heterocycles. The molecule has 0 amide bonds. The number of amidine groups is 1. The van der Waals surface area contributed by atoms with E-state index in [4.69, 9.17) is 15.9 Å². The summed E-state index contributed by atoms with van der Waals surface area (Å²) in [6.45, 7) is 7.02. The minimum atomic E-state index is 0.0755. The number of ether oxygens (including phenoxy) is 1. The average molecular weight is 282 g/mol. The van der Waals surface area contributed by atoms with Gasteiger partial charge in [0.05, 0.1) is 0 Å². The molecule has 2 aromatic rings. The molecule has 2 aromatic carbocycles. The summed E-state index contributed by atoms with van der Waals surface area (Å²) < 4.78 is 5.85. The van der Waals surface area contributed by atoms with Gasteiger partial charge in [0.1, 0.15) is 18.2 Å². The van der Waals surface area contributed by atoms with Crippen molar-refractivity contribution in [2.24, 2.45) is 5.73 Å². The molecule has 0 saturated carbocycles. The molecule has 0 aliphatic carbocycles. The van der Waals surface area contributed by atoms with Gasteiger partial charge in [0.2, 0.25) is 0 Å². The van der Waals surface area contributed by atoms with E-state index in [-0.39, 0.29) is 11.3 Å². The summed E-state index contributed by atoms with van der Waals surface area (Å²) in [7, 11) is 0. The van der Waals surface area contributed by atoms with Gasteiger partial charge in [-0.2, -0.15) is 0 Å². The standard InChI is InChI=1S/C18H22N2O/c1-18(2,3)15-8-5-9-16(11-15)21-12-13-6-4-7-14(10-13)17(19)20/h4-11H,12H2,1-3H3,(H3,19,20). The van der Waals surface area contributed by atoms with Crippen molar-refractivity contribution in [1.82, 2.24) is 0 Å². The van der Waals surface area contributed by atoms with Crippen LogP contribution in [0.2, 0.25) is 0 Å². The van der Waals surface area contributed by atoms with Crippen LogP contribution in [-0.2, 0) is 12.0 Å². The zero-order valence-electron chi connectivity index (χ0n) is 12.8. The van der Waals surface area contributed by atoms with E-state index < -0.39 is 0 Å². The Hall–Kier alpha value is -2.29. The summed E-state index contributed by atoms with van der Waals surface area (Å²) in [5.41, 5.74) is 8.58. The van der Waals surface area contributed by atoms with E-state index in [9.17, 15) is 0 Å². The Morgan fingerprint density at radius 3 is 2.48 bits per heavy atom. The first kappa shape index (κ1) is 15.1. The highest BCUT2D eigenvalue weighted by Crippen LogP contribution is 2.26. The topological polar surface area (TPSA) is 59.1 Å². The van der Waals surface area contributed by atoms with Crippen molar-refractivity contribution in [3.8, 4) is 5.75 Å². The zero-order chi connectivity index (χ0) is 15.5. The first-order valence-electron chi connectivity index (χ1n) is 7.03. The Kier molecular flexibility index (Phi) is 4.32. The fraction of sp³-hybridized carbons (Fsp3) is 0.278. The van der Waals surface area contributed by atoms with Crippen molar-refractivity contribution < 1.29 is 4.74 Å². The smallest absolute Gasteiger partial charge is 0.122 e. The maximum atomic E-state index is 7.46. The first-order chi connectivity index (χ1) is 9.86. The van der Waals surface area contributed by atoms with Gasteiger partial charge >= 0.3 is 0 Å². The molecule has 3 nitrogen and oxygen atoms in total. The summed E-state index contributed by atoms with van der Waals surface area (Å²) in [5.74, 6) is 0.933. The van der Waals surface area contributed by atoms with Crippen LogP contribution in [0.5, 0.6) is 5.75 Å². The lowest BCUT2D eigenvalue weighted by Gasteiger charge is -2.19. The molecule has 0 spiro atoms. The molecule has 2 rings (SSSR count). The number of nitrogens with one attached hydrogen (secondary N) is 1. The first-order valence-corrected chi connectivity index (χ1v) is 7.03. The van der Waals surface area contributed by atoms with Gasteiger partial charge in [-0.3, -0.25) is 5.41 Å². The lowest BCUT2D eigenvalue weighted by atomic mass is 9.87. The maximum absolute atomic E-state index is 7.46. The Balaban J connectivity index is 2.10. The summed E-state index contributed by atoms with van der Waals surface area (Å²) in [5, 5.41) is 7.46. The Bertz CT molecular complexity index is 642. The molecule has 0 fully saturated rings. The van der Waals surface area contributed by atoms with E-state index >= 15 is 0 Å². The van der Waals surface area contributed by atoms with Crippen molar-refractivity contribution in [2.45, 2.75) is 32.8 Å². The van der Waals surface area contributed by atoms with Gasteiger partial charge in [-0.05, 0) is 34.7 Å². The van der Waals surface area contributed by atoms with Crippen LogP contribution < -0.4 is 10.5 Å². The quantitative estimate of drug-likeness (QED) is 0.661. The van der Waals surface area contributed by atoms with Gasteiger partial charge in [-0.25, -0.2) is 0 Å². The fourth-order valence-electron chi connectivity index (χ4n) is 2.05. The van der Waals surface area contributed by atoms with Crippen LogP contribution in [0.25, 0.3) is 0 Å². The number of nitrogens with two attached hydrogens (primary N) is 1. The van der Waals surface area contributed by atoms with Crippen molar-refractivity contribution in [3.05, 3.63) is 65.2 Å².